The molecule has 1 heterocycles. The van der Waals surface area contributed by atoms with E-state index < -0.39 is 11.9 Å². The van der Waals surface area contributed by atoms with Gasteiger partial charge in [-0.25, -0.2) is 4.39 Å². The van der Waals surface area contributed by atoms with Gasteiger partial charge in [0, 0.05) is 22.0 Å². The van der Waals surface area contributed by atoms with Crippen LogP contribution in [0.3, 0.4) is 0 Å². The van der Waals surface area contributed by atoms with Gasteiger partial charge in [-0.3, -0.25) is 0 Å². The van der Waals surface area contributed by atoms with E-state index in [1.54, 1.807) is 18.2 Å². The molecule has 1 atom stereocenters. The van der Waals surface area contributed by atoms with Crippen LogP contribution < -0.4 is 4.74 Å². The van der Waals surface area contributed by atoms with Gasteiger partial charge in [0.15, 0.2) is 0 Å². The quantitative estimate of drug-likeness (QED) is 0.900. The van der Waals surface area contributed by atoms with Gasteiger partial charge in [0.05, 0.1) is 6.61 Å². The first-order valence-electron chi connectivity index (χ1n) is 6.45. The van der Waals surface area contributed by atoms with Gasteiger partial charge in [0.1, 0.15) is 17.7 Å². The summed E-state index contributed by atoms with van der Waals surface area (Å²) in [5.74, 6) is 0.282. The number of hydrogen-bond donors (Lipinski definition) is 1. The van der Waals surface area contributed by atoms with Crippen molar-refractivity contribution in [2.45, 2.75) is 19.4 Å². The molecule has 2 nitrogen and oxygen atoms in total. The first-order valence-corrected chi connectivity index (χ1v) is 7.25. The van der Waals surface area contributed by atoms with Crippen LogP contribution in [0.2, 0.25) is 0 Å². The third-order valence-electron chi connectivity index (χ3n) is 3.52. The van der Waals surface area contributed by atoms with Gasteiger partial charge >= 0.3 is 0 Å². The molecule has 1 aliphatic heterocycles. The number of aliphatic hydroxyl groups is 1. The maximum Gasteiger partial charge on any atom is 0.129 e. The lowest BCUT2D eigenvalue weighted by atomic mass is 9.97. The summed E-state index contributed by atoms with van der Waals surface area (Å²) in [6.45, 7) is 2.42. The molecule has 2 aromatic rings. The van der Waals surface area contributed by atoms with Gasteiger partial charge in [0.2, 0.25) is 0 Å². The van der Waals surface area contributed by atoms with Crippen molar-refractivity contribution in [3.63, 3.8) is 0 Å². The lowest BCUT2D eigenvalue weighted by molar-refractivity contribution is 0.208. The van der Waals surface area contributed by atoms with Crippen molar-refractivity contribution in [1.82, 2.24) is 0 Å². The Morgan fingerprint density at radius 2 is 2.05 bits per heavy atom. The summed E-state index contributed by atoms with van der Waals surface area (Å²) in [6, 6.07) is 8.61. The molecule has 0 aliphatic carbocycles. The van der Waals surface area contributed by atoms with E-state index in [4.69, 9.17) is 4.74 Å². The second-order valence-electron chi connectivity index (χ2n) is 5.01. The van der Waals surface area contributed by atoms with Crippen LogP contribution in [0.15, 0.2) is 34.8 Å². The maximum atomic E-state index is 14.0. The first-order chi connectivity index (χ1) is 9.56. The Morgan fingerprint density at radius 1 is 1.25 bits per heavy atom. The van der Waals surface area contributed by atoms with Crippen LogP contribution in [0.1, 0.15) is 28.4 Å². The monoisotopic (exact) mass is 336 g/mol. The Labute approximate surface area is 125 Å². The molecule has 3 rings (SSSR count). The molecule has 0 spiro atoms. The number of rotatable bonds is 2. The van der Waals surface area contributed by atoms with Gasteiger partial charge in [-0.1, -0.05) is 28.1 Å². The van der Waals surface area contributed by atoms with Crippen molar-refractivity contribution in [1.29, 1.82) is 0 Å². The molecule has 1 unspecified atom stereocenters. The Hall–Kier alpha value is -1.39. The summed E-state index contributed by atoms with van der Waals surface area (Å²) >= 11 is 3.43. The highest BCUT2D eigenvalue weighted by molar-refractivity contribution is 9.10. The van der Waals surface area contributed by atoms with E-state index >= 15 is 0 Å². The van der Waals surface area contributed by atoms with Crippen LogP contribution in [0.5, 0.6) is 5.75 Å². The second kappa shape index (κ2) is 5.19. The predicted molar refractivity (Wildman–Crippen MR) is 78.5 cm³/mol. The summed E-state index contributed by atoms with van der Waals surface area (Å²) < 4.78 is 20.5. The van der Waals surface area contributed by atoms with E-state index in [1.165, 1.54) is 6.07 Å². The van der Waals surface area contributed by atoms with Gasteiger partial charge in [0.25, 0.3) is 0 Å². The fraction of sp³-hybridized carbons (Fsp3) is 0.250. The van der Waals surface area contributed by atoms with Gasteiger partial charge < -0.3 is 9.84 Å². The van der Waals surface area contributed by atoms with Gasteiger partial charge in [-0.05, 0) is 36.2 Å². The SMILES string of the molecule is Cc1ccc(C(O)c2cc(Br)cc3c2OCC3)c(F)c1. The number of benzene rings is 2. The molecule has 0 saturated carbocycles. The zero-order valence-corrected chi connectivity index (χ0v) is 12.6. The number of hydrogen-bond acceptors (Lipinski definition) is 2. The third kappa shape index (κ3) is 2.34. The van der Waals surface area contributed by atoms with Crippen molar-refractivity contribution in [2.75, 3.05) is 6.61 Å². The summed E-state index contributed by atoms with van der Waals surface area (Å²) in [4.78, 5) is 0. The average Bonchev–Trinajstić information content (AvgIpc) is 2.85. The highest BCUT2D eigenvalue weighted by Crippen LogP contribution is 2.39. The smallest absolute Gasteiger partial charge is 0.129 e. The molecule has 20 heavy (non-hydrogen) atoms. The summed E-state index contributed by atoms with van der Waals surface area (Å²) in [5, 5.41) is 10.5. The predicted octanol–water partition coefficient (Wildman–Crippen LogP) is 3.91. The fourth-order valence-corrected chi connectivity index (χ4v) is 3.05. The zero-order valence-electron chi connectivity index (χ0n) is 11.0. The molecule has 1 aliphatic rings. The normalized spacial score (nSPS) is 14.8. The largest absolute Gasteiger partial charge is 0.493 e. The van der Waals surface area contributed by atoms with Crippen LogP contribution in [-0.2, 0) is 6.42 Å². The molecule has 1 N–H and O–H groups in total. The van der Waals surface area contributed by atoms with Crippen molar-refractivity contribution < 1.29 is 14.2 Å². The average molecular weight is 337 g/mol. The van der Waals surface area contributed by atoms with E-state index in [2.05, 4.69) is 15.9 Å². The standard InChI is InChI=1S/C16H14BrFO2/c1-9-2-3-12(14(18)6-9)15(19)13-8-11(17)7-10-4-5-20-16(10)13/h2-3,6-8,15,19H,4-5H2,1H3. The minimum Gasteiger partial charge on any atom is -0.493 e. The zero-order chi connectivity index (χ0) is 14.3. The van der Waals surface area contributed by atoms with E-state index in [-0.39, 0.29) is 5.56 Å². The number of ether oxygens (including phenoxy) is 1. The van der Waals surface area contributed by atoms with Gasteiger partial charge in [-0.15, -0.1) is 0 Å². The Balaban J connectivity index is 2.09. The molecule has 0 radical (unpaired) electrons. The van der Waals surface area contributed by atoms with Crippen LogP contribution in [-0.4, -0.2) is 11.7 Å². The topological polar surface area (TPSA) is 29.5 Å². The van der Waals surface area contributed by atoms with E-state index in [9.17, 15) is 9.50 Å². The van der Waals surface area contributed by atoms with Crippen molar-refractivity contribution in [2.24, 2.45) is 0 Å². The minimum absolute atomic E-state index is 0.270. The highest BCUT2D eigenvalue weighted by atomic mass is 79.9. The summed E-state index contributed by atoms with van der Waals surface area (Å²) in [7, 11) is 0. The molecule has 0 saturated heterocycles. The van der Waals surface area contributed by atoms with Crippen LogP contribution in [0.4, 0.5) is 4.39 Å². The maximum absolute atomic E-state index is 14.0. The van der Waals surface area contributed by atoms with E-state index in [1.807, 2.05) is 13.0 Å². The van der Waals surface area contributed by atoms with Crippen LogP contribution in [0.25, 0.3) is 0 Å². The lowest BCUT2D eigenvalue weighted by Gasteiger charge is -2.16. The summed E-state index contributed by atoms with van der Waals surface area (Å²) in [6.07, 6.45) is -0.217. The first kappa shape index (κ1) is 13.6. The molecule has 2 aromatic carbocycles. The number of fused-ring (bicyclic) bond motifs is 1. The molecular formula is C16H14BrFO2. The number of halogens is 2. The van der Waals surface area contributed by atoms with Crippen LogP contribution in [0, 0.1) is 12.7 Å². The Morgan fingerprint density at radius 3 is 2.80 bits per heavy atom. The Bertz CT molecular complexity index is 670. The van der Waals surface area contributed by atoms with Gasteiger partial charge in [-0.2, -0.15) is 0 Å². The molecule has 4 heteroatoms. The van der Waals surface area contributed by atoms with Crippen LogP contribution >= 0.6 is 15.9 Å². The van der Waals surface area contributed by atoms with Crippen molar-refractivity contribution in [3.05, 3.63) is 62.9 Å². The number of aliphatic hydroxyl groups excluding tert-OH is 1. The minimum atomic E-state index is -1.03. The molecule has 0 aromatic heterocycles. The molecular weight excluding hydrogens is 323 g/mol. The number of aryl methyl sites for hydroxylation is 1. The Kier molecular flexibility index (Phi) is 3.52. The molecule has 0 fully saturated rings. The van der Waals surface area contributed by atoms with E-state index in [0.717, 1.165) is 22.0 Å². The second-order valence-corrected chi connectivity index (χ2v) is 5.92. The molecule has 0 amide bonds. The van der Waals surface area contributed by atoms with Crippen molar-refractivity contribution >= 4 is 15.9 Å². The third-order valence-corrected chi connectivity index (χ3v) is 3.98. The van der Waals surface area contributed by atoms with Crippen molar-refractivity contribution in [3.8, 4) is 5.75 Å². The highest BCUT2D eigenvalue weighted by Gasteiger charge is 2.24. The molecule has 104 valence electrons. The fourth-order valence-electron chi connectivity index (χ4n) is 2.52. The molecule has 0 bridgehead atoms. The lowest BCUT2D eigenvalue weighted by Crippen LogP contribution is -2.05. The summed E-state index contributed by atoms with van der Waals surface area (Å²) in [5.41, 5.74) is 2.75. The van der Waals surface area contributed by atoms with E-state index in [0.29, 0.717) is 17.9 Å².